The monoisotopic (exact) mass is 587 g/mol. The van der Waals surface area contributed by atoms with E-state index in [9.17, 15) is 28.8 Å². The van der Waals surface area contributed by atoms with Crippen LogP contribution in [0, 0.1) is 28.6 Å². The van der Waals surface area contributed by atoms with Crippen LogP contribution in [0.4, 0.5) is 0 Å². The summed E-state index contributed by atoms with van der Waals surface area (Å²) in [7, 11) is 0. The molecule has 0 aromatic heterocycles. The SMILES string of the molecule is CC(=O)O[C@]1(C(=O)COC(=O)CCC(=O)NCCCCC(=O)O)CC[C@@H]2[C@@H]3CCC4=CC(=O)CC[C@]4(C)[C@@H]3CC[C@@]21C. The van der Waals surface area contributed by atoms with Crippen molar-refractivity contribution in [3.05, 3.63) is 11.6 Å². The van der Waals surface area contributed by atoms with Crippen molar-refractivity contribution in [2.24, 2.45) is 28.6 Å². The largest absolute Gasteiger partial charge is 0.481 e. The van der Waals surface area contributed by atoms with Crippen LogP contribution in [0.2, 0.25) is 0 Å². The third-order valence-corrected chi connectivity index (χ3v) is 10.9. The summed E-state index contributed by atoms with van der Waals surface area (Å²) in [5, 5.41) is 11.3. The Morgan fingerprint density at radius 1 is 0.952 bits per heavy atom. The number of fused-ring (bicyclic) bond motifs is 5. The van der Waals surface area contributed by atoms with Gasteiger partial charge >= 0.3 is 17.9 Å². The molecule has 0 aromatic carbocycles. The van der Waals surface area contributed by atoms with Crippen molar-refractivity contribution in [2.75, 3.05) is 13.2 Å². The van der Waals surface area contributed by atoms with Crippen molar-refractivity contribution in [3.63, 3.8) is 0 Å². The Hall–Kier alpha value is -3.04. The van der Waals surface area contributed by atoms with E-state index in [-0.39, 0.29) is 42.3 Å². The molecule has 1 amide bonds. The number of carboxylic acid groups (broad SMARTS) is 1. The first-order valence-corrected chi connectivity index (χ1v) is 15.4. The van der Waals surface area contributed by atoms with Crippen molar-refractivity contribution in [3.8, 4) is 0 Å². The Bertz CT molecular complexity index is 1160. The molecule has 42 heavy (non-hydrogen) atoms. The average Bonchev–Trinajstić information content (AvgIpc) is 3.22. The van der Waals surface area contributed by atoms with E-state index in [4.69, 9.17) is 14.6 Å². The summed E-state index contributed by atoms with van der Waals surface area (Å²) < 4.78 is 11.2. The van der Waals surface area contributed by atoms with Crippen LogP contribution >= 0.6 is 0 Å². The maximum atomic E-state index is 13.8. The van der Waals surface area contributed by atoms with Crippen molar-refractivity contribution in [1.29, 1.82) is 0 Å². The first-order chi connectivity index (χ1) is 19.8. The van der Waals surface area contributed by atoms with Crippen LogP contribution in [0.25, 0.3) is 0 Å². The number of ketones is 2. The van der Waals surface area contributed by atoms with Crippen molar-refractivity contribution < 1.29 is 43.3 Å². The van der Waals surface area contributed by atoms with Crippen LogP contribution in [0.15, 0.2) is 11.6 Å². The van der Waals surface area contributed by atoms with Gasteiger partial charge in [0.05, 0.1) is 6.42 Å². The molecule has 0 aliphatic heterocycles. The predicted molar refractivity (Wildman–Crippen MR) is 151 cm³/mol. The Balaban J connectivity index is 1.37. The number of unbranched alkanes of at least 4 members (excludes halogenated alkanes) is 1. The molecule has 0 spiro atoms. The molecule has 232 valence electrons. The number of carboxylic acids is 1. The lowest BCUT2D eigenvalue weighted by molar-refractivity contribution is -0.191. The zero-order valence-corrected chi connectivity index (χ0v) is 25.1. The van der Waals surface area contributed by atoms with Gasteiger partial charge in [0.15, 0.2) is 18.0 Å². The van der Waals surface area contributed by atoms with Gasteiger partial charge in [0.2, 0.25) is 11.7 Å². The summed E-state index contributed by atoms with van der Waals surface area (Å²) in [5.74, 6) is -1.72. The number of carbonyl (C=O) groups is 6. The molecule has 0 radical (unpaired) electrons. The Kier molecular flexibility index (Phi) is 9.62. The summed E-state index contributed by atoms with van der Waals surface area (Å²) in [6.07, 6.45) is 8.52. The van der Waals surface area contributed by atoms with Crippen LogP contribution in [0.5, 0.6) is 0 Å². The van der Waals surface area contributed by atoms with Crippen molar-refractivity contribution in [2.45, 2.75) is 110 Å². The second kappa shape index (κ2) is 12.7. The van der Waals surface area contributed by atoms with Gasteiger partial charge in [0, 0.05) is 38.1 Å². The Morgan fingerprint density at radius 2 is 1.69 bits per heavy atom. The number of aliphatic carboxylic acids is 1. The molecular weight excluding hydrogens is 542 g/mol. The van der Waals surface area contributed by atoms with E-state index in [1.807, 2.05) is 6.08 Å². The molecule has 4 rings (SSSR count). The van der Waals surface area contributed by atoms with Gasteiger partial charge in [-0.25, -0.2) is 0 Å². The van der Waals surface area contributed by atoms with Crippen molar-refractivity contribution >= 4 is 35.4 Å². The molecule has 6 atom stereocenters. The third-order valence-electron chi connectivity index (χ3n) is 10.9. The Morgan fingerprint density at radius 3 is 2.40 bits per heavy atom. The van der Waals surface area contributed by atoms with E-state index >= 15 is 0 Å². The lowest BCUT2D eigenvalue weighted by atomic mass is 9.46. The lowest BCUT2D eigenvalue weighted by Crippen LogP contribution is -2.59. The minimum Gasteiger partial charge on any atom is -0.481 e. The fraction of sp³-hybridized carbons (Fsp3) is 0.750. The molecule has 3 fully saturated rings. The standard InChI is InChI=1S/C32H45NO9/c1-20(34)42-32(26(36)19-41-29(40)10-9-27(37)33-17-5-4-6-28(38)39)16-13-25-23-8-7-21-18-22(35)11-14-30(21,2)24(23)12-15-31(25,32)3/h18,23-25H,4-17,19H2,1-3H3,(H,33,37)(H,38,39)/t23-,24-,25-,30+,31+,32+/m1/s1. The highest BCUT2D eigenvalue weighted by molar-refractivity contribution is 5.93. The summed E-state index contributed by atoms with van der Waals surface area (Å²) >= 11 is 0. The summed E-state index contributed by atoms with van der Waals surface area (Å²) in [4.78, 5) is 73.3. The fourth-order valence-electron chi connectivity index (χ4n) is 8.75. The molecule has 4 aliphatic rings. The van der Waals surface area contributed by atoms with Gasteiger partial charge in [-0.2, -0.15) is 0 Å². The van der Waals surface area contributed by atoms with Gasteiger partial charge in [-0.15, -0.1) is 0 Å². The summed E-state index contributed by atoms with van der Waals surface area (Å²) in [6, 6.07) is 0. The molecular formula is C32H45NO9. The summed E-state index contributed by atoms with van der Waals surface area (Å²) in [5.41, 5.74) is -0.717. The van der Waals surface area contributed by atoms with Gasteiger partial charge in [-0.05, 0) is 87.0 Å². The second-order valence-corrected chi connectivity index (χ2v) is 13.2. The van der Waals surface area contributed by atoms with E-state index in [2.05, 4.69) is 19.2 Å². The zero-order chi connectivity index (χ0) is 30.7. The van der Waals surface area contributed by atoms with Gasteiger partial charge in [-0.3, -0.25) is 28.8 Å². The van der Waals surface area contributed by atoms with Gasteiger partial charge in [0.1, 0.15) is 0 Å². The molecule has 0 bridgehead atoms. The van der Waals surface area contributed by atoms with Crippen LogP contribution in [0.1, 0.15) is 104 Å². The van der Waals surface area contributed by atoms with Gasteiger partial charge in [0.25, 0.3) is 0 Å². The van der Waals surface area contributed by atoms with Crippen molar-refractivity contribution in [1.82, 2.24) is 5.32 Å². The van der Waals surface area contributed by atoms with E-state index in [0.29, 0.717) is 50.5 Å². The van der Waals surface area contributed by atoms with E-state index < -0.39 is 41.3 Å². The molecule has 3 saturated carbocycles. The number of rotatable bonds is 12. The number of esters is 2. The maximum absolute atomic E-state index is 13.8. The van der Waals surface area contributed by atoms with E-state index in [1.165, 1.54) is 12.5 Å². The van der Waals surface area contributed by atoms with Crippen LogP contribution < -0.4 is 5.32 Å². The number of carbonyl (C=O) groups excluding carboxylic acids is 5. The molecule has 0 heterocycles. The molecule has 10 nitrogen and oxygen atoms in total. The minimum atomic E-state index is -1.37. The highest BCUT2D eigenvalue weighted by Crippen LogP contribution is 2.68. The third kappa shape index (κ3) is 6.18. The molecule has 2 N–H and O–H groups in total. The molecule has 0 saturated heterocycles. The average molecular weight is 588 g/mol. The summed E-state index contributed by atoms with van der Waals surface area (Å²) in [6.45, 7) is 5.46. The maximum Gasteiger partial charge on any atom is 0.306 e. The molecule has 0 unspecified atom stereocenters. The number of allylic oxidation sites excluding steroid dienone is 1. The van der Waals surface area contributed by atoms with E-state index in [0.717, 1.165) is 32.1 Å². The molecule has 10 heteroatoms. The number of hydrogen-bond acceptors (Lipinski definition) is 8. The van der Waals surface area contributed by atoms with E-state index in [1.54, 1.807) is 0 Å². The minimum absolute atomic E-state index is 0.0187. The van der Waals surface area contributed by atoms with Crippen LogP contribution in [-0.2, 0) is 38.2 Å². The van der Waals surface area contributed by atoms with Crippen LogP contribution in [0.3, 0.4) is 0 Å². The molecule has 0 aromatic rings. The number of hydrogen-bond donors (Lipinski definition) is 2. The number of Topliss-reactive ketones (excluding diaryl/α,β-unsaturated/α-hetero) is 1. The first kappa shape index (κ1) is 31.9. The number of nitrogens with one attached hydrogen (secondary N) is 1. The highest BCUT2D eigenvalue weighted by Gasteiger charge is 2.68. The fourth-order valence-corrected chi connectivity index (χ4v) is 8.75. The number of ether oxygens (including phenoxy) is 2. The first-order valence-electron chi connectivity index (χ1n) is 15.4. The molecule has 4 aliphatic carbocycles. The zero-order valence-electron chi connectivity index (χ0n) is 25.1. The quantitative estimate of drug-likeness (QED) is 0.254. The number of amides is 1. The predicted octanol–water partition coefficient (Wildman–Crippen LogP) is 4.08. The topological polar surface area (TPSA) is 153 Å². The Labute approximate surface area is 247 Å². The second-order valence-electron chi connectivity index (χ2n) is 13.2. The van der Waals surface area contributed by atoms with Gasteiger partial charge < -0.3 is 19.9 Å². The van der Waals surface area contributed by atoms with Crippen LogP contribution in [-0.4, -0.2) is 59.2 Å². The highest BCUT2D eigenvalue weighted by atomic mass is 16.6. The van der Waals surface area contributed by atoms with Gasteiger partial charge in [-0.1, -0.05) is 19.4 Å². The normalized spacial score (nSPS) is 33.4. The smallest absolute Gasteiger partial charge is 0.306 e. The lowest BCUT2D eigenvalue weighted by Gasteiger charge is -2.59.